The van der Waals surface area contributed by atoms with Crippen molar-refractivity contribution in [2.24, 2.45) is 0 Å². The third-order valence-corrected chi connectivity index (χ3v) is 3.90. The van der Waals surface area contributed by atoms with Crippen LogP contribution in [0.2, 0.25) is 5.02 Å². The monoisotopic (exact) mass is 290 g/mol. The van der Waals surface area contributed by atoms with Gasteiger partial charge in [-0.2, -0.15) is 5.26 Å². The lowest BCUT2D eigenvalue weighted by Crippen LogP contribution is -2.41. The lowest BCUT2D eigenvalue weighted by Gasteiger charge is -2.32. The quantitative estimate of drug-likeness (QED) is 0.785. The molecular weight excluding hydrogens is 274 g/mol. The second-order valence-corrected chi connectivity index (χ2v) is 6.12. The molecule has 0 bridgehead atoms. The Morgan fingerprint density at radius 1 is 1.30 bits per heavy atom. The lowest BCUT2D eigenvalue weighted by atomic mass is 9.89. The van der Waals surface area contributed by atoms with E-state index in [0.717, 1.165) is 0 Å². The van der Waals surface area contributed by atoms with Crippen LogP contribution >= 0.6 is 11.6 Å². The van der Waals surface area contributed by atoms with Crippen molar-refractivity contribution in [2.75, 3.05) is 0 Å². The normalized spacial score (nSPS) is 20.3. The van der Waals surface area contributed by atoms with Gasteiger partial charge in [0.25, 0.3) is 0 Å². The van der Waals surface area contributed by atoms with Gasteiger partial charge < -0.3 is 9.31 Å². The van der Waals surface area contributed by atoms with E-state index in [0.29, 0.717) is 16.3 Å². The van der Waals surface area contributed by atoms with E-state index in [1.165, 1.54) is 6.20 Å². The first-order chi connectivity index (χ1) is 9.25. The summed E-state index contributed by atoms with van der Waals surface area (Å²) in [5.74, 6) is 1.77. The second-order valence-electron chi connectivity index (χ2n) is 5.69. The predicted octanol–water partition coefficient (Wildman–Crippen LogP) is 3.25. The van der Waals surface area contributed by atoms with Gasteiger partial charge in [0.15, 0.2) is 0 Å². The number of nitrogens with zero attached hydrogens (tertiary/aromatic N) is 2. The largest absolute Gasteiger partial charge is 0.487 e. The van der Waals surface area contributed by atoms with E-state index in [-0.39, 0.29) is 11.2 Å². The van der Waals surface area contributed by atoms with Gasteiger partial charge in [-0.1, -0.05) is 23.7 Å². The van der Waals surface area contributed by atoms with Crippen molar-refractivity contribution >= 4 is 24.8 Å². The fourth-order valence-corrected chi connectivity index (χ4v) is 1.99. The second kappa shape index (κ2) is 5.21. The molecule has 2 rings (SSSR count). The van der Waals surface area contributed by atoms with E-state index in [1.807, 2.05) is 33.8 Å². The topological polar surface area (TPSA) is 55.1 Å². The minimum absolute atomic E-state index is 0.321. The molecule has 104 valence electrons. The Morgan fingerprint density at radius 2 is 1.90 bits per heavy atom. The van der Waals surface area contributed by atoms with Crippen LogP contribution in [0.25, 0.3) is 6.08 Å². The third-order valence-electron chi connectivity index (χ3n) is 3.69. The van der Waals surface area contributed by atoms with Crippen LogP contribution in [0.1, 0.15) is 39.0 Å². The Morgan fingerprint density at radius 3 is 2.45 bits per heavy atom. The molecule has 4 nitrogen and oxygen atoms in total. The van der Waals surface area contributed by atoms with Crippen LogP contribution in [0.4, 0.5) is 0 Å². The Balaban J connectivity index is 2.20. The van der Waals surface area contributed by atoms with Crippen molar-refractivity contribution in [3.63, 3.8) is 0 Å². The van der Waals surface area contributed by atoms with Crippen molar-refractivity contribution in [1.82, 2.24) is 4.98 Å². The minimum Gasteiger partial charge on any atom is -0.400 e. The van der Waals surface area contributed by atoms with Gasteiger partial charge in [-0.05, 0) is 33.8 Å². The molecule has 0 unspecified atom stereocenters. The fraction of sp³-hybridized carbons (Fsp3) is 0.429. The highest BCUT2D eigenvalue weighted by Crippen LogP contribution is 2.37. The summed E-state index contributed by atoms with van der Waals surface area (Å²) in [4.78, 5) is 3.97. The summed E-state index contributed by atoms with van der Waals surface area (Å²) in [7, 11) is -0.453. The summed E-state index contributed by atoms with van der Waals surface area (Å²) >= 11 is 5.89. The van der Waals surface area contributed by atoms with E-state index < -0.39 is 7.12 Å². The van der Waals surface area contributed by atoms with E-state index >= 15 is 0 Å². The van der Waals surface area contributed by atoms with Gasteiger partial charge in [0, 0.05) is 11.8 Å². The highest BCUT2D eigenvalue weighted by Gasteiger charge is 2.49. The summed E-state index contributed by atoms with van der Waals surface area (Å²) in [6.07, 6.45) is 3.20. The Hall–Kier alpha value is -1.35. The van der Waals surface area contributed by atoms with Crippen molar-refractivity contribution in [1.29, 1.82) is 5.26 Å². The van der Waals surface area contributed by atoms with Crippen molar-refractivity contribution in [2.45, 2.75) is 38.9 Å². The molecule has 20 heavy (non-hydrogen) atoms. The van der Waals surface area contributed by atoms with Gasteiger partial charge in [-0.25, -0.2) is 4.98 Å². The van der Waals surface area contributed by atoms with E-state index in [1.54, 1.807) is 18.1 Å². The van der Waals surface area contributed by atoms with Gasteiger partial charge in [0.05, 0.1) is 16.2 Å². The molecule has 1 fully saturated rings. The van der Waals surface area contributed by atoms with Crippen LogP contribution < -0.4 is 0 Å². The standard InChI is InChI=1S/C14H16BClN2O2/c1-13(2)14(3,4)20-15(19-13)6-5-10-7-11(16)9-18-12(10)8-17/h5-7,9H,1-4H3/b6-5+. The molecule has 0 amide bonds. The molecule has 0 aromatic carbocycles. The highest BCUT2D eigenvalue weighted by atomic mass is 35.5. The fourth-order valence-electron chi connectivity index (χ4n) is 1.82. The summed E-state index contributed by atoms with van der Waals surface area (Å²) in [6.45, 7) is 7.95. The Kier molecular flexibility index (Phi) is 3.92. The minimum atomic E-state index is -0.453. The third kappa shape index (κ3) is 2.88. The van der Waals surface area contributed by atoms with Crippen molar-refractivity contribution in [3.8, 4) is 6.07 Å². The molecule has 1 aliphatic rings. The highest BCUT2D eigenvalue weighted by molar-refractivity contribution is 6.52. The number of nitriles is 1. The van der Waals surface area contributed by atoms with E-state index in [4.69, 9.17) is 26.2 Å². The number of aromatic nitrogens is 1. The molecule has 0 N–H and O–H groups in total. The zero-order valence-corrected chi connectivity index (χ0v) is 12.7. The number of hydrogen-bond acceptors (Lipinski definition) is 4. The van der Waals surface area contributed by atoms with E-state index in [9.17, 15) is 0 Å². The Labute approximate surface area is 124 Å². The summed E-state index contributed by atoms with van der Waals surface area (Å²) in [5.41, 5.74) is 0.205. The average Bonchev–Trinajstić information content (AvgIpc) is 2.55. The molecular formula is C14H16BClN2O2. The summed E-state index contributed by atoms with van der Waals surface area (Å²) < 4.78 is 11.7. The summed E-state index contributed by atoms with van der Waals surface area (Å²) in [5, 5.41) is 9.50. The van der Waals surface area contributed by atoms with Crippen LogP contribution in [-0.2, 0) is 9.31 Å². The number of pyridine rings is 1. The van der Waals surface area contributed by atoms with Gasteiger partial charge in [0.1, 0.15) is 11.8 Å². The number of halogens is 1. The molecule has 0 spiro atoms. The first-order valence-corrected chi connectivity index (χ1v) is 6.72. The first-order valence-electron chi connectivity index (χ1n) is 6.35. The molecule has 1 aliphatic heterocycles. The van der Waals surface area contributed by atoms with Gasteiger partial charge in [0.2, 0.25) is 0 Å². The zero-order valence-electron chi connectivity index (χ0n) is 12.0. The molecule has 1 aromatic heterocycles. The van der Waals surface area contributed by atoms with Crippen molar-refractivity contribution in [3.05, 3.63) is 34.5 Å². The average molecular weight is 291 g/mol. The molecule has 2 heterocycles. The van der Waals surface area contributed by atoms with Crippen LogP contribution in [0, 0.1) is 11.3 Å². The number of rotatable bonds is 2. The molecule has 6 heteroatoms. The van der Waals surface area contributed by atoms with Gasteiger partial charge >= 0.3 is 7.12 Å². The van der Waals surface area contributed by atoms with Gasteiger partial charge in [-0.15, -0.1) is 0 Å². The predicted molar refractivity (Wildman–Crippen MR) is 79.1 cm³/mol. The maximum absolute atomic E-state index is 9.02. The maximum atomic E-state index is 9.02. The van der Waals surface area contributed by atoms with Gasteiger partial charge in [-0.3, -0.25) is 0 Å². The smallest absolute Gasteiger partial charge is 0.400 e. The zero-order chi connectivity index (χ0) is 15.0. The SMILES string of the molecule is CC1(C)OB(/C=C/c2cc(Cl)cnc2C#N)OC1(C)C. The summed E-state index contributed by atoms with van der Waals surface area (Å²) in [6, 6.07) is 3.72. The first kappa shape index (κ1) is 15.1. The molecule has 1 saturated heterocycles. The van der Waals surface area contributed by atoms with Crippen molar-refractivity contribution < 1.29 is 9.31 Å². The van der Waals surface area contributed by atoms with Crippen LogP contribution in [0.15, 0.2) is 18.2 Å². The molecule has 0 saturated carbocycles. The van der Waals surface area contributed by atoms with Crippen LogP contribution in [0.3, 0.4) is 0 Å². The van der Waals surface area contributed by atoms with Crippen LogP contribution in [0.5, 0.6) is 0 Å². The number of hydrogen-bond donors (Lipinski definition) is 0. The molecule has 0 radical (unpaired) electrons. The lowest BCUT2D eigenvalue weighted by molar-refractivity contribution is 0.00578. The maximum Gasteiger partial charge on any atom is 0.487 e. The van der Waals surface area contributed by atoms with E-state index in [2.05, 4.69) is 4.98 Å². The van der Waals surface area contributed by atoms with Crippen LogP contribution in [-0.4, -0.2) is 23.3 Å². The molecule has 1 aromatic rings. The molecule has 0 aliphatic carbocycles. The Bertz CT molecular complexity index is 577. The molecule has 0 atom stereocenters.